The number of sulfonamides is 1. The van der Waals surface area contributed by atoms with E-state index in [4.69, 9.17) is 4.74 Å². The van der Waals surface area contributed by atoms with E-state index in [1.807, 2.05) is 49.4 Å². The van der Waals surface area contributed by atoms with Gasteiger partial charge >= 0.3 is 0 Å². The highest BCUT2D eigenvalue weighted by atomic mass is 32.2. The maximum atomic E-state index is 13.2. The number of carbonyl (C=O) groups excluding carboxylic acids is 1. The molecule has 0 fully saturated rings. The maximum absolute atomic E-state index is 13.2. The molecular formula is C24H26N2O4S. The summed E-state index contributed by atoms with van der Waals surface area (Å²) in [5.74, 6) is 0.546. The number of hydrogen-bond donors (Lipinski definition) is 1. The molecule has 0 unspecified atom stereocenters. The van der Waals surface area contributed by atoms with Crippen molar-refractivity contribution >= 4 is 32.4 Å². The Morgan fingerprint density at radius 2 is 1.81 bits per heavy atom. The van der Waals surface area contributed by atoms with E-state index in [1.54, 1.807) is 25.1 Å². The van der Waals surface area contributed by atoms with E-state index >= 15 is 0 Å². The van der Waals surface area contributed by atoms with E-state index in [2.05, 4.69) is 5.32 Å². The third-order valence-electron chi connectivity index (χ3n) is 5.54. The van der Waals surface area contributed by atoms with Crippen LogP contribution in [0.15, 0.2) is 65.6 Å². The highest BCUT2D eigenvalue weighted by Gasteiger charge is 2.40. The van der Waals surface area contributed by atoms with Gasteiger partial charge < -0.3 is 10.1 Å². The molecule has 1 N–H and O–H groups in total. The van der Waals surface area contributed by atoms with Gasteiger partial charge in [-0.25, -0.2) is 8.42 Å². The first-order valence-electron chi connectivity index (χ1n) is 10.5. The minimum Gasteiger partial charge on any atom is -0.494 e. The summed E-state index contributed by atoms with van der Waals surface area (Å²) in [5.41, 5.74) is 1.65. The summed E-state index contributed by atoms with van der Waals surface area (Å²) in [6, 6.07) is 17.7. The number of ether oxygens (including phenoxy) is 1. The van der Waals surface area contributed by atoms with Gasteiger partial charge in [-0.2, -0.15) is 0 Å². The Morgan fingerprint density at radius 1 is 1.06 bits per heavy atom. The number of nitrogens with zero attached hydrogens (tertiary/aromatic N) is 1. The summed E-state index contributed by atoms with van der Waals surface area (Å²) in [6.07, 6.45) is 1.49. The number of rotatable bonds is 8. The quantitative estimate of drug-likeness (QED) is 0.542. The number of aryl methyl sites for hydroxylation is 1. The van der Waals surface area contributed by atoms with Crippen LogP contribution in [0.1, 0.15) is 25.8 Å². The largest absolute Gasteiger partial charge is 0.494 e. The van der Waals surface area contributed by atoms with Gasteiger partial charge in [0.15, 0.2) is 0 Å². The van der Waals surface area contributed by atoms with Crippen LogP contribution in [0.5, 0.6) is 5.75 Å². The average molecular weight is 439 g/mol. The molecule has 0 aromatic heterocycles. The molecule has 0 radical (unpaired) electrons. The lowest BCUT2D eigenvalue weighted by Crippen LogP contribution is -2.47. The molecule has 3 aromatic carbocycles. The molecule has 0 saturated heterocycles. The van der Waals surface area contributed by atoms with Crippen molar-refractivity contribution in [2.45, 2.75) is 37.6 Å². The molecule has 6 nitrogen and oxygen atoms in total. The lowest BCUT2D eigenvalue weighted by atomic mass is 10.1. The van der Waals surface area contributed by atoms with Crippen LogP contribution in [-0.2, 0) is 21.2 Å². The predicted molar refractivity (Wildman–Crippen MR) is 122 cm³/mol. The van der Waals surface area contributed by atoms with Crippen molar-refractivity contribution in [3.63, 3.8) is 0 Å². The van der Waals surface area contributed by atoms with Gasteiger partial charge in [0, 0.05) is 11.9 Å². The van der Waals surface area contributed by atoms with Crippen LogP contribution in [0.4, 0.5) is 5.69 Å². The molecule has 1 aliphatic heterocycles. The van der Waals surface area contributed by atoms with Crippen molar-refractivity contribution in [3.8, 4) is 5.75 Å². The molecule has 162 valence electrons. The van der Waals surface area contributed by atoms with E-state index in [0.717, 1.165) is 29.5 Å². The first-order chi connectivity index (χ1) is 14.9. The molecule has 7 heteroatoms. The fourth-order valence-electron chi connectivity index (χ4n) is 4.09. The third-order valence-corrected chi connectivity index (χ3v) is 7.47. The summed E-state index contributed by atoms with van der Waals surface area (Å²) < 4.78 is 33.2. The van der Waals surface area contributed by atoms with E-state index < -0.39 is 16.1 Å². The number of benzene rings is 3. The Balaban J connectivity index is 1.43. The fraction of sp³-hybridized carbons (Fsp3) is 0.292. The molecule has 1 heterocycles. The monoisotopic (exact) mass is 438 g/mol. The number of anilines is 1. The van der Waals surface area contributed by atoms with Crippen molar-refractivity contribution in [2.24, 2.45) is 0 Å². The Morgan fingerprint density at radius 3 is 2.58 bits per heavy atom. The van der Waals surface area contributed by atoms with Crippen LogP contribution < -0.4 is 14.4 Å². The van der Waals surface area contributed by atoms with Crippen LogP contribution in [-0.4, -0.2) is 33.5 Å². The number of para-hydroxylation sites is 1. The van der Waals surface area contributed by atoms with Gasteiger partial charge in [0.2, 0.25) is 5.91 Å². The molecule has 1 amide bonds. The SMILES string of the molecule is CCOc1ccccc1CCCNC(=O)[C@@H](C)N1c2cccc3cccc(c23)S1(=O)=O. The van der Waals surface area contributed by atoms with Crippen LogP contribution in [0, 0.1) is 0 Å². The molecular weight excluding hydrogens is 412 g/mol. The Hall–Kier alpha value is -3.06. The number of nitrogens with one attached hydrogen (secondary N) is 1. The van der Waals surface area contributed by atoms with Gasteiger partial charge in [0.05, 0.1) is 17.2 Å². The van der Waals surface area contributed by atoms with Gasteiger partial charge in [0.1, 0.15) is 11.8 Å². The van der Waals surface area contributed by atoms with E-state index in [0.29, 0.717) is 24.2 Å². The topological polar surface area (TPSA) is 75.7 Å². The Bertz CT molecular complexity index is 1220. The summed E-state index contributed by atoms with van der Waals surface area (Å²) in [4.78, 5) is 13.1. The van der Waals surface area contributed by atoms with Crippen molar-refractivity contribution in [2.75, 3.05) is 17.5 Å². The molecule has 0 bridgehead atoms. The lowest BCUT2D eigenvalue weighted by molar-refractivity contribution is -0.121. The van der Waals surface area contributed by atoms with E-state index in [1.165, 1.54) is 4.31 Å². The summed E-state index contributed by atoms with van der Waals surface area (Å²) in [6.45, 7) is 4.63. The van der Waals surface area contributed by atoms with Crippen molar-refractivity contribution < 1.29 is 17.9 Å². The van der Waals surface area contributed by atoms with Crippen molar-refractivity contribution in [1.82, 2.24) is 5.32 Å². The van der Waals surface area contributed by atoms with Gasteiger partial charge in [0.25, 0.3) is 10.0 Å². The second-order valence-corrected chi connectivity index (χ2v) is 9.33. The fourth-order valence-corrected chi connectivity index (χ4v) is 5.96. The lowest BCUT2D eigenvalue weighted by Gasteiger charge is -2.25. The molecule has 31 heavy (non-hydrogen) atoms. The van der Waals surface area contributed by atoms with E-state index in [-0.39, 0.29) is 10.8 Å². The third kappa shape index (κ3) is 3.85. The zero-order valence-electron chi connectivity index (χ0n) is 17.7. The van der Waals surface area contributed by atoms with E-state index in [9.17, 15) is 13.2 Å². The van der Waals surface area contributed by atoms with Gasteiger partial charge in [-0.15, -0.1) is 0 Å². The van der Waals surface area contributed by atoms with Crippen LogP contribution in [0.2, 0.25) is 0 Å². The summed E-state index contributed by atoms with van der Waals surface area (Å²) >= 11 is 0. The Labute approximate surface area is 182 Å². The number of hydrogen-bond acceptors (Lipinski definition) is 4. The molecule has 4 rings (SSSR count). The zero-order chi connectivity index (χ0) is 22.0. The first-order valence-corrected chi connectivity index (χ1v) is 11.9. The van der Waals surface area contributed by atoms with Crippen LogP contribution in [0.25, 0.3) is 10.8 Å². The molecule has 0 aliphatic carbocycles. The Kier molecular flexibility index (Phi) is 5.87. The molecule has 1 atom stereocenters. The number of carbonyl (C=O) groups is 1. The minimum atomic E-state index is -3.77. The van der Waals surface area contributed by atoms with Gasteiger partial charge in [-0.3, -0.25) is 9.10 Å². The molecule has 0 spiro atoms. The normalized spacial score (nSPS) is 15.1. The maximum Gasteiger partial charge on any atom is 0.265 e. The smallest absolute Gasteiger partial charge is 0.265 e. The zero-order valence-corrected chi connectivity index (χ0v) is 18.5. The van der Waals surface area contributed by atoms with Gasteiger partial charge in [-0.05, 0) is 55.8 Å². The average Bonchev–Trinajstić information content (AvgIpc) is 3.00. The van der Waals surface area contributed by atoms with Crippen molar-refractivity contribution in [1.29, 1.82) is 0 Å². The summed E-state index contributed by atoms with van der Waals surface area (Å²) in [5, 5.41) is 4.42. The minimum absolute atomic E-state index is 0.257. The molecule has 3 aromatic rings. The molecule has 0 saturated carbocycles. The van der Waals surface area contributed by atoms with Crippen LogP contribution in [0.3, 0.4) is 0 Å². The first kappa shape index (κ1) is 21.2. The standard InChI is InChI=1S/C24H26N2O4S/c1-3-30-21-14-5-4-9-18(21)12-8-16-25-24(27)17(2)26-20-13-6-10-19-11-7-15-22(23(19)20)31(26,28)29/h4-7,9-11,13-15,17H,3,8,12,16H2,1-2H3,(H,25,27)/t17-/m1/s1. The highest BCUT2D eigenvalue weighted by Crippen LogP contribution is 2.43. The number of amides is 1. The molecule has 1 aliphatic rings. The highest BCUT2D eigenvalue weighted by molar-refractivity contribution is 7.93. The van der Waals surface area contributed by atoms with Gasteiger partial charge in [-0.1, -0.05) is 42.5 Å². The van der Waals surface area contributed by atoms with Crippen molar-refractivity contribution in [3.05, 3.63) is 66.2 Å². The summed E-state index contributed by atoms with van der Waals surface area (Å²) in [7, 11) is -3.77. The van der Waals surface area contributed by atoms with Crippen LogP contribution >= 0.6 is 0 Å². The second kappa shape index (κ2) is 8.59. The second-order valence-electron chi connectivity index (χ2n) is 7.54. The predicted octanol–water partition coefficient (Wildman–Crippen LogP) is 3.88.